The summed E-state index contributed by atoms with van der Waals surface area (Å²) in [4.78, 5) is 7.15. The van der Waals surface area contributed by atoms with E-state index in [2.05, 4.69) is 29.2 Å². The van der Waals surface area contributed by atoms with Gasteiger partial charge in [0.05, 0.1) is 18.7 Å². The standard InChI is InChI=1S/C23H26N2O2/c26-18-23(14-16-27-20-8-2-1-3-9-20)13-6-15-25(17-23)22-12-11-19-7-4-5-10-21(19)24-22/h1-5,7-12,26H,6,13-18H2/t23-/m1/s1. The van der Waals surface area contributed by atoms with Crippen LogP contribution in [0.2, 0.25) is 0 Å². The normalized spacial score (nSPS) is 20.0. The van der Waals surface area contributed by atoms with E-state index >= 15 is 0 Å². The molecule has 4 heteroatoms. The highest BCUT2D eigenvalue weighted by molar-refractivity contribution is 5.80. The molecule has 3 aromatic rings. The van der Waals surface area contributed by atoms with Crippen molar-refractivity contribution in [1.82, 2.24) is 4.98 Å². The first kappa shape index (κ1) is 17.8. The molecule has 0 amide bonds. The topological polar surface area (TPSA) is 45.6 Å². The zero-order valence-electron chi connectivity index (χ0n) is 15.6. The average Bonchev–Trinajstić information content (AvgIpc) is 2.74. The number of aromatic nitrogens is 1. The van der Waals surface area contributed by atoms with Gasteiger partial charge in [-0.1, -0.05) is 36.4 Å². The molecule has 2 heterocycles. The lowest BCUT2D eigenvalue weighted by molar-refractivity contribution is 0.0792. The smallest absolute Gasteiger partial charge is 0.129 e. The summed E-state index contributed by atoms with van der Waals surface area (Å²) < 4.78 is 5.89. The Balaban J connectivity index is 1.45. The Morgan fingerprint density at radius 2 is 1.81 bits per heavy atom. The number of hydrogen-bond acceptors (Lipinski definition) is 4. The molecule has 0 aliphatic carbocycles. The lowest BCUT2D eigenvalue weighted by Gasteiger charge is -2.42. The number of ether oxygens (including phenoxy) is 1. The van der Waals surface area contributed by atoms with Crippen LogP contribution in [0.15, 0.2) is 66.7 Å². The Labute approximate surface area is 160 Å². The molecule has 1 atom stereocenters. The number of anilines is 1. The van der Waals surface area contributed by atoms with Crippen LogP contribution in [0, 0.1) is 5.41 Å². The van der Waals surface area contributed by atoms with Crippen molar-refractivity contribution in [1.29, 1.82) is 0 Å². The first-order valence-electron chi connectivity index (χ1n) is 9.68. The zero-order chi connectivity index (χ0) is 18.5. The summed E-state index contributed by atoms with van der Waals surface area (Å²) in [5.41, 5.74) is 0.878. The number of hydrogen-bond donors (Lipinski definition) is 1. The SMILES string of the molecule is OC[C@@]1(CCOc2ccccc2)CCCN(c2ccc3ccccc3n2)C1. The van der Waals surface area contributed by atoms with Gasteiger partial charge in [0.15, 0.2) is 0 Å². The minimum absolute atomic E-state index is 0.139. The van der Waals surface area contributed by atoms with Gasteiger partial charge in [-0.25, -0.2) is 4.98 Å². The van der Waals surface area contributed by atoms with Crippen molar-refractivity contribution in [2.75, 3.05) is 31.2 Å². The molecule has 140 valence electrons. The fourth-order valence-electron chi connectivity index (χ4n) is 3.95. The number of pyridine rings is 1. The molecule has 1 fully saturated rings. The summed E-state index contributed by atoms with van der Waals surface area (Å²) >= 11 is 0. The van der Waals surface area contributed by atoms with E-state index < -0.39 is 0 Å². The molecule has 2 aromatic carbocycles. The van der Waals surface area contributed by atoms with Crippen molar-refractivity contribution >= 4 is 16.7 Å². The highest BCUT2D eigenvalue weighted by Gasteiger charge is 2.35. The van der Waals surface area contributed by atoms with Gasteiger partial charge in [-0.2, -0.15) is 0 Å². The maximum absolute atomic E-state index is 10.2. The second-order valence-electron chi connectivity index (χ2n) is 7.46. The van der Waals surface area contributed by atoms with E-state index in [0.717, 1.165) is 54.8 Å². The van der Waals surface area contributed by atoms with Crippen LogP contribution >= 0.6 is 0 Å². The van der Waals surface area contributed by atoms with Crippen LogP contribution in [0.3, 0.4) is 0 Å². The monoisotopic (exact) mass is 362 g/mol. The molecule has 4 nitrogen and oxygen atoms in total. The van der Waals surface area contributed by atoms with Gasteiger partial charge in [0.1, 0.15) is 11.6 Å². The van der Waals surface area contributed by atoms with Crippen molar-refractivity contribution in [2.24, 2.45) is 5.41 Å². The number of fused-ring (bicyclic) bond motifs is 1. The second kappa shape index (κ2) is 7.97. The van der Waals surface area contributed by atoms with Gasteiger partial charge in [0.2, 0.25) is 0 Å². The molecule has 0 unspecified atom stereocenters. The molecule has 0 bridgehead atoms. The third-order valence-corrected chi connectivity index (χ3v) is 5.55. The van der Waals surface area contributed by atoms with E-state index in [-0.39, 0.29) is 12.0 Å². The van der Waals surface area contributed by atoms with Gasteiger partial charge in [0.25, 0.3) is 0 Å². The molecular weight excluding hydrogens is 336 g/mol. The molecule has 1 aromatic heterocycles. The van der Waals surface area contributed by atoms with Crippen LogP contribution in [0.4, 0.5) is 5.82 Å². The summed E-state index contributed by atoms with van der Waals surface area (Å²) in [6.45, 7) is 2.58. The molecule has 0 saturated carbocycles. The molecule has 1 N–H and O–H groups in total. The lowest BCUT2D eigenvalue weighted by Crippen LogP contribution is -2.46. The van der Waals surface area contributed by atoms with Crippen molar-refractivity contribution in [3.63, 3.8) is 0 Å². The minimum Gasteiger partial charge on any atom is -0.494 e. The zero-order valence-corrected chi connectivity index (χ0v) is 15.6. The van der Waals surface area contributed by atoms with Crippen LogP contribution in [0.1, 0.15) is 19.3 Å². The molecule has 1 saturated heterocycles. The summed E-state index contributed by atoms with van der Waals surface area (Å²) in [6.07, 6.45) is 2.91. The van der Waals surface area contributed by atoms with Gasteiger partial charge in [0, 0.05) is 23.9 Å². The number of nitrogens with zero attached hydrogens (tertiary/aromatic N) is 2. The second-order valence-corrected chi connectivity index (χ2v) is 7.46. The summed E-state index contributed by atoms with van der Waals surface area (Å²) in [7, 11) is 0. The fourth-order valence-corrected chi connectivity index (χ4v) is 3.95. The third-order valence-electron chi connectivity index (χ3n) is 5.55. The number of aliphatic hydroxyl groups is 1. The fraction of sp³-hybridized carbons (Fsp3) is 0.348. The average molecular weight is 362 g/mol. The van der Waals surface area contributed by atoms with E-state index in [1.165, 1.54) is 0 Å². The van der Waals surface area contributed by atoms with Crippen molar-refractivity contribution in [3.8, 4) is 5.75 Å². The van der Waals surface area contributed by atoms with E-state index in [1.807, 2.05) is 42.5 Å². The largest absolute Gasteiger partial charge is 0.494 e. The predicted molar refractivity (Wildman–Crippen MR) is 109 cm³/mol. The molecule has 0 spiro atoms. The van der Waals surface area contributed by atoms with Crippen LogP contribution in [-0.4, -0.2) is 36.4 Å². The van der Waals surface area contributed by atoms with E-state index in [1.54, 1.807) is 0 Å². The first-order valence-corrected chi connectivity index (χ1v) is 9.68. The van der Waals surface area contributed by atoms with Gasteiger partial charge in [-0.3, -0.25) is 0 Å². The number of para-hydroxylation sites is 2. The molecule has 1 aliphatic heterocycles. The highest BCUT2D eigenvalue weighted by atomic mass is 16.5. The first-order chi connectivity index (χ1) is 13.3. The quantitative estimate of drug-likeness (QED) is 0.711. The van der Waals surface area contributed by atoms with E-state index in [0.29, 0.717) is 6.61 Å². The van der Waals surface area contributed by atoms with Crippen molar-refractivity contribution < 1.29 is 9.84 Å². The van der Waals surface area contributed by atoms with Gasteiger partial charge >= 0.3 is 0 Å². The van der Waals surface area contributed by atoms with Crippen LogP contribution in [0.25, 0.3) is 10.9 Å². The molecule has 27 heavy (non-hydrogen) atoms. The van der Waals surface area contributed by atoms with Crippen molar-refractivity contribution in [2.45, 2.75) is 19.3 Å². The van der Waals surface area contributed by atoms with Crippen LogP contribution < -0.4 is 9.64 Å². The Kier molecular flexibility index (Phi) is 5.26. The Hall–Kier alpha value is -2.59. The third kappa shape index (κ3) is 4.06. The number of piperidine rings is 1. The van der Waals surface area contributed by atoms with Gasteiger partial charge in [-0.15, -0.1) is 0 Å². The maximum atomic E-state index is 10.2. The minimum atomic E-state index is -0.139. The van der Waals surface area contributed by atoms with Crippen LogP contribution in [-0.2, 0) is 0 Å². The van der Waals surface area contributed by atoms with Crippen molar-refractivity contribution in [3.05, 3.63) is 66.7 Å². The number of benzene rings is 2. The predicted octanol–water partition coefficient (Wildman–Crippen LogP) is 4.28. The highest BCUT2D eigenvalue weighted by Crippen LogP contribution is 2.35. The van der Waals surface area contributed by atoms with E-state index in [9.17, 15) is 5.11 Å². The summed E-state index contributed by atoms with van der Waals surface area (Å²) in [5, 5.41) is 11.3. The molecule has 4 rings (SSSR count). The number of rotatable bonds is 6. The Bertz CT molecular complexity index is 884. The van der Waals surface area contributed by atoms with Gasteiger partial charge in [-0.05, 0) is 49.6 Å². The molecule has 1 aliphatic rings. The van der Waals surface area contributed by atoms with Crippen LogP contribution in [0.5, 0.6) is 5.75 Å². The Morgan fingerprint density at radius 3 is 2.67 bits per heavy atom. The van der Waals surface area contributed by atoms with Gasteiger partial charge < -0.3 is 14.7 Å². The molecule has 0 radical (unpaired) electrons. The maximum Gasteiger partial charge on any atom is 0.129 e. The lowest BCUT2D eigenvalue weighted by atomic mass is 9.78. The Morgan fingerprint density at radius 1 is 1.00 bits per heavy atom. The summed E-state index contributed by atoms with van der Waals surface area (Å²) in [5.74, 6) is 1.88. The number of aliphatic hydroxyl groups excluding tert-OH is 1. The van der Waals surface area contributed by atoms with E-state index in [4.69, 9.17) is 9.72 Å². The summed E-state index contributed by atoms with van der Waals surface area (Å²) in [6, 6.07) is 22.3. The molecular formula is C23H26N2O2.